The van der Waals surface area contributed by atoms with Gasteiger partial charge in [-0.15, -0.1) is 0 Å². The highest BCUT2D eigenvalue weighted by Gasteiger charge is 2.18. The summed E-state index contributed by atoms with van der Waals surface area (Å²) < 4.78 is 7.16. The van der Waals surface area contributed by atoms with Crippen LogP contribution in [0.5, 0.6) is 0 Å². The molecule has 0 saturated carbocycles. The van der Waals surface area contributed by atoms with Crippen molar-refractivity contribution in [3.05, 3.63) is 68.7 Å². The second-order valence-electron chi connectivity index (χ2n) is 7.44. The first-order valence-corrected chi connectivity index (χ1v) is 10.3. The Bertz CT molecular complexity index is 1210. The minimum atomic E-state index is -0.180. The molecule has 1 aliphatic rings. The van der Waals surface area contributed by atoms with Crippen LogP contribution in [0.15, 0.2) is 47.3 Å². The molecule has 30 heavy (non-hydrogen) atoms. The Hall–Kier alpha value is -2.97. The summed E-state index contributed by atoms with van der Waals surface area (Å²) in [6.45, 7) is 3.58. The number of amides is 1. The summed E-state index contributed by atoms with van der Waals surface area (Å²) in [6, 6.07) is 13.2. The van der Waals surface area contributed by atoms with Gasteiger partial charge in [-0.2, -0.15) is 0 Å². The molecule has 0 atom stereocenters. The molecule has 1 aliphatic heterocycles. The van der Waals surface area contributed by atoms with E-state index in [4.69, 9.17) is 17.0 Å². The van der Waals surface area contributed by atoms with E-state index < -0.39 is 0 Å². The van der Waals surface area contributed by atoms with Crippen LogP contribution in [-0.4, -0.2) is 53.7 Å². The monoisotopic (exact) mass is 424 g/mol. The summed E-state index contributed by atoms with van der Waals surface area (Å²) in [5, 5.41) is 0.503. The molecule has 0 bridgehead atoms. The number of aromatic amines is 1. The summed E-state index contributed by atoms with van der Waals surface area (Å²) in [5.41, 5.74) is 3.11. The van der Waals surface area contributed by atoms with Crippen LogP contribution in [0, 0.1) is 4.77 Å². The number of nitrogens with zero attached hydrogens (tertiary/aromatic N) is 3. The van der Waals surface area contributed by atoms with Crippen molar-refractivity contribution in [2.75, 3.05) is 38.3 Å². The number of rotatable bonds is 4. The van der Waals surface area contributed by atoms with Crippen molar-refractivity contribution in [3.63, 3.8) is 0 Å². The number of carbonyl (C=O) groups is 1. The number of ether oxygens (including phenoxy) is 1. The average Bonchev–Trinajstić information content (AvgIpc) is 2.77. The third kappa shape index (κ3) is 3.88. The van der Waals surface area contributed by atoms with E-state index in [2.05, 4.69) is 22.0 Å². The molecule has 0 aliphatic carbocycles. The molecular formula is C22H24N4O3S. The molecule has 1 aromatic heterocycles. The molecule has 1 saturated heterocycles. The van der Waals surface area contributed by atoms with E-state index in [-0.39, 0.29) is 11.5 Å². The van der Waals surface area contributed by atoms with Gasteiger partial charge in [0.25, 0.3) is 11.5 Å². The van der Waals surface area contributed by atoms with Crippen LogP contribution < -0.4 is 10.5 Å². The highest BCUT2D eigenvalue weighted by atomic mass is 32.1. The summed E-state index contributed by atoms with van der Waals surface area (Å²) in [5.74, 6) is -0.117. The topological polar surface area (TPSA) is 70.6 Å². The van der Waals surface area contributed by atoms with E-state index in [1.54, 1.807) is 37.2 Å². The first kappa shape index (κ1) is 20.3. The van der Waals surface area contributed by atoms with Gasteiger partial charge >= 0.3 is 0 Å². The van der Waals surface area contributed by atoms with Crippen molar-refractivity contribution >= 4 is 34.7 Å². The lowest BCUT2D eigenvalue weighted by atomic mass is 10.1. The number of carbonyl (C=O) groups excluding carboxylic acids is 1. The summed E-state index contributed by atoms with van der Waals surface area (Å²) >= 11 is 5.19. The van der Waals surface area contributed by atoms with Crippen LogP contribution >= 0.6 is 12.2 Å². The fraction of sp³-hybridized carbons (Fsp3) is 0.318. The van der Waals surface area contributed by atoms with Crippen molar-refractivity contribution < 1.29 is 9.53 Å². The Morgan fingerprint density at radius 3 is 2.70 bits per heavy atom. The van der Waals surface area contributed by atoms with E-state index in [9.17, 15) is 9.59 Å². The van der Waals surface area contributed by atoms with Gasteiger partial charge in [0.05, 0.1) is 24.1 Å². The molecule has 0 spiro atoms. The van der Waals surface area contributed by atoms with Gasteiger partial charge in [0.15, 0.2) is 4.77 Å². The lowest BCUT2D eigenvalue weighted by Gasteiger charge is -2.31. The van der Waals surface area contributed by atoms with Crippen molar-refractivity contribution in [3.8, 4) is 0 Å². The minimum absolute atomic E-state index is 0.117. The van der Waals surface area contributed by atoms with Crippen LogP contribution in [0.25, 0.3) is 10.9 Å². The fourth-order valence-corrected chi connectivity index (χ4v) is 3.94. The molecular weight excluding hydrogens is 400 g/mol. The Balaban J connectivity index is 1.60. The van der Waals surface area contributed by atoms with E-state index in [0.29, 0.717) is 41.0 Å². The highest BCUT2D eigenvalue weighted by molar-refractivity contribution is 7.71. The zero-order chi connectivity index (χ0) is 21.3. The molecule has 0 radical (unpaired) electrons. The van der Waals surface area contributed by atoms with E-state index in [1.807, 2.05) is 12.1 Å². The number of H-pyrrole nitrogens is 1. The third-order valence-electron chi connectivity index (χ3n) is 5.45. The van der Waals surface area contributed by atoms with Crippen LogP contribution in [0.1, 0.15) is 15.9 Å². The highest BCUT2D eigenvalue weighted by Crippen LogP contribution is 2.23. The maximum Gasteiger partial charge on any atom is 0.261 e. The maximum absolute atomic E-state index is 13.1. The molecule has 2 aromatic carbocycles. The second-order valence-corrected chi connectivity index (χ2v) is 7.83. The first-order valence-electron chi connectivity index (χ1n) is 9.85. The Morgan fingerprint density at radius 2 is 1.93 bits per heavy atom. The number of nitrogens with one attached hydrogen (secondary N) is 1. The Labute approximate surface area is 179 Å². The van der Waals surface area contributed by atoms with E-state index >= 15 is 0 Å². The number of fused-ring (bicyclic) bond motifs is 1. The number of aromatic nitrogens is 2. The Morgan fingerprint density at radius 1 is 1.20 bits per heavy atom. The fourth-order valence-electron chi connectivity index (χ4n) is 3.74. The van der Waals surface area contributed by atoms with Crippen LogP contribution in [0.2, 0.25) is 0 Å². The summed E-state index contributed by atoms with van der Waals surface area (Å²) in [4.78, 5) is 32.5. The summed E-state index contributed by atoms with van der Waals surface area (Å²) in [7, 11) is 3.41. The Kier molecular flexibility index (Phi) is 5.69. The van der Waals surface area contributed by atoms with Crippen LogP contribution in [0.3, 0.4) is 0 Å². The quantitative estimate of drug-likeness (QED) is 0.652. The largest absolute Gasteiger partial charge is 0.378 e. The number of benzene rings is 2. The smallest absolute Gasteiger partial charge is 0.261 e. The second kappa shape index (κ2) is 8.41. The molecule has 4 rings (SSSR count). The number of morpholine rings is 1. The van der Waals surface area contributed by atoms with Crippen molar-refractivity contribution in [1.82, 2.24) is 14.5 Å². The van der Waals surface area contributed by atoms with Gasteiger partial charge in [-0.1, -0.05) is 18.2 Å². The molecule has 7 nitrogen and oxygen atoms in total. The molecule has 0 unspecified atom stereocenters. The van der Waals surface area contributed by atoms with E-state index in [0.717, 1.165) is 24.3 Å². The molecule has 8 heteroatoms. The summed E-state index contributed by atoms with van der Waals surface area (Å²) in [6.07, 6.45) is 0. The third-order valence-corrected chi connectivity index (χ3v) is 5.82. The molecule has 3 aromatic rings. The number of hydrogen-bond acceptors (Lipinski definition) is 5. The normalized spacial score (nSPS) is 14.1. The maximum atomic E-state index is 13.1. The van der Waals surface area contributed by atoms with Gasteiger partial charge in [-0.25, -0.2) is 0 Å². The van der Waals surface area contributed by atoms with Gasteiger partial charge in [-0.3, -0.25) is 14.2 Å². The predicted molar refractivity (Wildman–Crippen MR) is 120 cm³/mol. The van der Waals surface area contributed by atoms with Crippen molar-refractivity contribution in [2.45, 2.75) is 6.54 Å². The molecule has 1 fully saturated rings. The van der Waals surface area contributed by atoms with Gasteiger partial charge in [0, 0.05) is 45.0 Å². The number of hydrogen-bond donors (Lipinski definition) is 1. The van der Waals surface area contributed by atoms with Crippen LogP contribution in [0.4, 0.5) is 5.69 Å². The van der Waals surface area contributed by atoms with Gasteiger partial charge in [-0.05, 0) is 42.0 Å². The SMILES string of the molecule is CN(Cc1ccccc1N1CCOCC1)C(=O)c1ccc2c(=O)n(C)c(=S)[nH]c2c1. The van der Waals surface area contributed by atoms with Crippen molar-refractivity contribution in [2.24, 2.45) is 7.05 Å². The minimum Gasteiger partial charge on any atom is -0.378 e. The molecule has 2 heterocycles. The molecule has 1 amide bonds. The lowest BCUT2D eigenvalue weighted by molar-refractivity contribution is 0.0785. The van der Waals surface area contributed by atoms with Gasteiger partial charge in [0.1, 0.15) is 0 Å². The van der Waals surface area contributed by atoms with Gasteiger partial charge < -0.3 is 19.5 Å². The number of anilines is 1. The first-order chi connectivity index (χ1) is 14.5. The average molecular weight is 425 g/mol. The van der Waals surface area contributed by atoms with E-state index in [1.165, 1.54) is 4.57 Å². The predicted octanol–water partition coefficient (Wildman–Crippen LogP) is 2.70. The zero-order valence-electron chi connectivity index (χ0n) is 17.1. The lowest BCUT2D eigenvalue weighted by Crippen LogP contribution is -2.37. The zero-order valence-corrected chi connectivity index (χ0v) is 17.9. The molecule has 156 valence electrons. The van der Waals surface area contributed by atoms with Crippen LogP contribution in [-0.2, 0) is 18.3 Å². The number of para-hydroxylation sites is 1. The standard InChI is InChI=1S/C22H24N4O3S/c1-24(14-16-5-3-4-6-19(16)26-9-11-29-12-10-26)20(27)15-7-8-17-18(13-15)23-22(30)25(2)21(17)28/h3-8,13H,9-12,14H2,1-2H3,(H,23,30). The van der Waals surface area contributed by atoms with Gasteiger partial charge in [0.2, 0.25) is 0 Å². The van der Waals surface area contributed by atoms with Crippen molar-refractivity contribution in [1.29, 1.82) is 0 Å². The molecule has 1 N–H and O–H groups in total.